The molecule has 1 atom stereocenters. The van der Waals surface area contributed by atoms with Crippen molar-refractivity contribution in [3.63, 3.8) is 0 Å². The van der Waals surface area contributed by atoms with Crippen LogP contribution in [-0.2, 0) is 4.79 Å². The number of hydrogen-bond acceptors (Lipinski definition) is 4. The number of rotatable bonds is 6. The number of carboxylic acids is 1. The molecular formula is C13H17N2O3S-. The number of nitrogens with one attached hydrogen (secondary N) is 2. The molecule has 0 saturated heterocycles. The minimum Gasteiger partial charge on any atom is -0.548 e. The number of amides is 2. The maximum absolute atomic E-state index is 11.7. The molecular weight excluding hydrogens is 264 g/mol. The van der Waals surface area contributed by atoms with Gasteiger partial charge in [0.05, 0.1) is 12.0 Å². The van der Waals surface area contributed by atoms with Gasteiger partial charge in [0.2, 0.25) is 0 Å². The van der Waals surface area contributed by atoms with Crippen LogP contribution in [0.1, 0.15) is 12.0 Å². The Balaban J connectivity index is 2.52. The molecule has 0 spiro atoms. The molecule has 1 rings (SSSR count). The first-order chi connectivity index (χ1) is 9.02. The molecule has 0 aromatic heterocycles. The van der Waals surface area contributed by atoms with Crippen LogP contribution < -0.4 is 15.7 Å². The van der Waals surface area contributed by atoms with Crippen molar-refractivity contribution < 1.29 is 14.7 Å². The first-order valence-electron chi connectivity index (χ1n) is 5.87. The molecule has 0 saturated carbocycles. The number of carboxylic acid groups (broad SMARTS) is 1. The fourth-order valence-corrected chi connectivity index (χ4v) is 1.92. The molecule has 0 heterocycles. The van der Waals surface area contributed by atoms with Gasteiger partial charge in [0.1, 0.15) is 0 Å². The van der Waals surface area contributed by atoms with Crippen LogP contribution in [0.25, 0.3) is 0 Å². The van der Waals surface area contributed by atoms with Gasteiger partial charge in [-0.1, -0.05) is 17.7 Å². The van der Waals surface area contributed by atoms with E-state index >= 15 is 0 Å². The Hall–Kier alpha value is -1.69. The molecule has 1 aromatic carbocycles. The SMILES string of the molecule is CSCC[C@H](NC(=O)Nc1ccc(C)cc1)C(=O)[O-]. The summed E-state index contributed by atoms with van der Waals surface area (Å²) in [4.78, 5) is 22.5. The Bertz CT molecular complexity index is 434. The van der Waals surface area contributed by atoms with Crippen molar-refractivity contribution in [2.24, 2.45) is 0 Å². The fraction of sp³-hybridized carbons (Fsp3) is 0.385. The lowest BCUT2D eigenvalue weighted by Gasteiger charge is -2.19. The highest BCUT2D eigenvalue weighted by molar-refractivity contribution is 7.98. The van der Waals surface area contributed by atoms with Crippen molar-refractivity contribution >= 4 is 29.4 Å². The summed E-state index contributed by atoms with van der Waals surface area (Å²) in [5, 5.41) is 15.8. The molecule has 0 aliphatic rings. The lowest BCUT2D eigenvalue weighted by atomic mass is 10.2. The molecule has 6 heteroatoms. The van der Waals surface area contributed by atoms with Crippen molar-refractivity contribution in [2.75, 3.05) is 17.3 Å². The molecule has 5 nitrogen and oxygen atoms in total. The van der Waals surface area contributed by atoms with E-state index in [-0.39, 0.29) is 0 Å². The van der Waals surface area contributed by atoms with Gasteiger partial charge in [0.25, 0.3) is 0 Å². The number of carbonyl (C=O) groups is 2. The number of carbonyl (C=O) groups excluding carboxylic acids is 2. The number of hydrogen-bond donors (Lipinski definition) is 2. The molecule has 2 amide bonds. The number of urea groups is 1. The van der Waals surface area contributed by atoms with E-state index in [9.17, 15) is 14.7 Å². The number of thioether (sulfide) groups is 1. The lowest BCUT2D eigenvalue weighted by Crippen LogP contribution is -2.49. The maximum atomic E-state index is 11.7. The second-order valence-electron chi connectivity index (χ2n) is 4.12. The third kappa shape index (κ3) is 5.65. The van der Waals surface area contributed by atoms with Gasteiger partial charge in [0, 0.05) is 5.69 Å². The minimum atomic E-state index is -1.27. The predicted molar refractivity (Wildman–Crippen MR) is 75.1 cm³/mol. The smallest absolute Gasteiger partial charge is 0.319 e. The van der Waals surface area contributed by atoms with Gasteiger partial charge in [0.15, 0.2) is 0 Å². The summed E-state index contributed by atoms with van der Waals surface area (Å²) >= 11 is 1.52. The third-order valence-electron chi connectivity index (χ3n) is 2.51. The highest BCUT2D eigenvalue weighted by Crippen LogP contribution is 2.08. The summed E-state index contributed by atoms with van der Waals surface area (Å²) in [6.07, 6.45) is 2.21. The molecule has 104 valence electrons. The Morgan fingerprint density at radius 1 is 1.32 bits per heavy atom. The summed E-state index contributed by atoms with van der Waals surface area (Å²) in [6, 6.07) is 5.71. The van der Waals surface area contributed by atoms with Crippen LogP contribution in [0, 0.1) is 6.92 Å². The normalized spacial score (nSPS) is 11.7. The van der Waals surface area contributed by atoms with Gasteiger partial charge in [-0.15, -0.1) is 0 Å². The zero-order valence-corrected chi connectivity index (χ0v) is 11.8. The van der Waals surface area contributed by atoms with Crippen LogP contribution in [-0.4, -0.2) is 30.1 Å². The zero-order chi connectivity index (χ0) is 14.3. The monoisotopic (exact) mass is 281 g/mol. The highest BCUT2D eigenvalue weighted by Gasteiger charge is 2.12. The molecule has 0 radical (unpaired) electrons. The number of aryl methyl sites for hydroxylation is 1. The second-order valence-corrected chi connectivity index (χ2v) is 5.10. The summed E-state index contributed by atoms with van der Waals surface area (Å²) in [7, 11) is 0. The van der Waals surface area contributed by atoms with Crippen molar-refractivity contribution in [2.45, 2.75) is 19.4 Å². The van der Waals surface area contributed by atoms with Gasteiger partial charge >= 0.3 is 6.03 Å². The summed E-state index contributed by atoms with van der Waals surface area (Å²) < 4.78 is 0. The Kier molecular flexibility index (Phi) is 6.21. The molecule has 0 fully saturated rings. The topological polar surface area (TPSA) is 81.3 Å². The van der Waals surface area contributed by atoms with E-state index in [0.29, 0.717) is 17.9 Å². The van der Waals surface area contributed by atoms with Crippen molar-refractivity contribution in [3.8, 4) is 0 Å². The minimum absolute atomic E-state index is 0.338. The fourth-order valence-electron chi connectivity index (χ4n) is 1.45. The van der Waals surface area contributed by atoms with Crippen LogP contribution in [0.4, 0.5) is 10.5 Å². The summed E-state index contributed by atoms with van der Waals surface area (Å²) in [5.41, 5.74) is 1.70. The lowest BCUT2D eigenvalue weighted by molar-refractivity contribution is -0.308. The van der Waals surface area contributed by atoms with E-state index < -0.39 is 18.0 Å². The van der Waals surface area contributed by atoms with Crippen LogP contribution in [0.5, 0.6) is 0 Å². The van der Waals surface area contributed by atoms with Gasteiger partial charge in [-0.05, 0) is 37.5 Å². The van der Waals surface area contributed by atoms with E-state index in [1.54, 1.807) is 12.1 Å². The zero-order valence-electron chi connectivity index (χ0n) is 10.9. The van der Waals surface area contributed by atoms with E-state index in [4.69, 9.17) is 0 Å². The van der Waals surface area contributed by atoms with Crippen molar-refractivity contribution in [1.82, 2.24) is 5.32 Å². The van der Waals surface area contributed by atoms with Gasteiger partial charge in [-0.3, -0.25) is 0 Å². The molecule has 0 bridgehead atoms. The Labute approximate surface area is 116 Å². The number of benzene rings is 1. The largest absolute Gasteiger partial charge is 0.548 e. The molecule has 0 unspecified atom stereocenters. The first-order valence-corrected chi connectivity index (χ1v) is 7.26. The standard InChI is InChI=1S/C13H18N2O3S/c1-9-3-5-10(6-4-9)14-13(18)15-11(12(16)17)7-8-19-2/h3-6,11H,7-8H2,1-2H3,(H,16,17)(H2,14,15,18)/p-1/t11-/m0/s1. The van der Waals surface area contributed by atoms with E-state index in [2.05, 4.69) is 10.6 Å². The summed E-state index contributed by atoms with van der Waals surface area (Å²) in [5.74, 6) is -0.628. The van der Waals surface area contributed by atoms with Crippen LogP contribution in [0.3, 0.4) is 0 Å². The molecule has 0 aliphatic carbocycles. The maximum Gasteiger partial charge on any atom is 0.319 e. The quantitative estimate of drug-likeness (QED) is 0.814. The number of anilines is 1. The molecule has 0 aliphatic heterocycles. The van der Waals surface area contributed by atoms with Gasteiger partial charge in [-0.2, -0.15) is 11.8 Å². The van der Waals surface area contributed by atoms with E-state index in [1.807, 2.05) is 25.3 Å². The van der Waals surface area contributed by atoms with Gasteiger partial charge < -0.3 is 20.5 Å². The Morgan fingerprint density at radius 3 is 2.47 bits per heavy atom. The van der Waals surface area contributed by atoms with Crippen molar-refractivity contribution in [1.29, 1.82) is 0 Å². The third-order valence-corrected chi connectivity index (χ3v) is 3.15. The van der Waals surface area contributed by atoms with Crippen LogP contribution in [0.15, 0.2) is 24.3 Å². The molecule has 2 N–H and O–H groups in total. The Morgan fingerprint density at radius 2 is 1.95 bits per heavy atom. The molecule has 1 aromatic rings. The average Bonchev–Trinajstić information content (AvgIpc) is 2.37. The van der Waals surface area contributed by atoms with E-state index in [0.717, 1.165) is 5.56 Å². The van der Waals surface area contributed by atoms with Gasteiger partial charge in [-0.25, -0.2) is 4.79 Å². The van der Waals surface area contributed by atoms with Crippen LogP contribution in [0.2, 0.25) is 0 Å². The number of aliphatic carboxylic acids is 1. The van der Waals surface area contributed by atoms with E-state index in [1.165, 1.54) is 11.8 Å². The first kappa shape index (κ1) is 15.4. The average molecular weight is 281 g/mol. The van der Waals surface area contributed by atoms with Crippen molar-refractivity contribution in [3.05, 3.63) is 29.8 Å². The predicted octanol–water partition coefficient (Wildman–Crippen LogP) is 0.988. The van der Waals surface area contributed by atoms with Crippen LogP contribution >= 0.6 is 11.8 Å². The second kappa shape index (κ2) is 7.68. The highest BCUT2D eigenvalue weighted by atomic mass is 32.2. The summed E-state index contributed by atoms with van der Waals surface area (Å²) in [6.45, 7) is 1.94. The molecule has 19 heavy (non-hydrogen) atoms.